The molecule has 2 saturated carbocycles. The van der Waals surface area contributed by atoms with Gasteiger partial charge in [-0.25, -0.2) is 14.2 Å². The molecular weight excluding hydrogens is 714 g/mol. The summed E-state index contributed by atoms with van der Waals surface area (Å²) < 4.78 is 24.8. The van der Waals surface area contributed by atoms with Crippen LogP contribution in [0.3, 0.4) is 0 Å². The van der Waals surface area contributed by atoms with Crippen LogP contribution in [0.2, 0.25) is 10.0 Å². The Morgan fingerprint density at radius 1 is 1.11 bits per heavy atom. The number of aromatic nitrogens is 2. The lowest BCUT2D eigenvalue weighted by atomic mass is 9.79. The zero-order valence-corrected chi connectivity index (χ0v) is 30.6. The molecule has 270 valence electrons. The number of nitrogens with zero attached hydrogens (tertiary/aromatic N) is 5. The van der Waals surface area contributed by atoms with Crippen LogP contribution in [0.4, 0.5) is 10.1 Å². The number of pyridine rings is 1. The molecule has 12 heteroatoms. The van der Waals surface area contributed by atoms with Crippen molar-refractivity contribution in [2.75, 3.05) is 24.5 Å². The summed E-state index contributed by atoms with van der Waals surface area (Å²) in [5.74, 6) is 0.260. The number of benzene rings is 2. The van der Waals surface area contributed by atoms with Crippen molar-refractivity contribution in [1.82, 2.24) is 19.8 Å². The highest BCUT2D eigenvalue weighted by atomic mass is 35.5. The number of anilines is 1. The summed E-state index contributed by atoms with van der Waals surface area (Å²) in [7, 11) is 0. The second kappa shape index (κ2) is 12.3. The standard InChI is InChI=1S/C41H37Cl2FN6O3/c1-20-28-16-32(39-24-12-26(49(39)41(52)21-7-8-21)19-48(18-24)25-9-11-53-33(51)15-25)50(38-23-14-31(38)46-17-23)40(28)29-13-22(4-3-10-45)34(36(44)37(29)47-20)27-5-2-6-30(42)35(27)43/h2,5-6,9,11,13,15-16,21,23-24,26,31,38-39,46H,3-4,7-8,12,14,17-19H2,1H3/t23-,24+,26-,31-,38+,39-/m1/s1. The van der Waals surface area contributed by atoms with Gasteiger partial charge in [0, 0.05) is 89.0 Å². The second-order valence-corrected chi connectivity index (χ2v) is 16.4. The summed E-state index contributed by atoms with van der Waals surface area (Å²) in [6.07, 6.45) is 5.70. The average Bonchev–Trinajstić information content (AvgIpc) is 3.43. The van der Waals surface area contributed by atoms with E-state index in [2.05, 4.69) is 31.8 Å². The van der Waals surface area contributed by atoms with Crippen molar-refractivity contribution < 1.29 is 13.6 Å². The predicted octanol–water partition coefficient (Wildman–Crippen LogP) is 7.74. The SMILES string of the molecule is Cc1nc2c(F)c(-c3cccc(Cl)c3Cl)c(CCC#N)cc2c2c1cc([C@H]1[C@H]3C[C@H](CN(c4ccoc(=O)c4)C3)N1C(=O)C1CC1)n2[C@H]1[C@H]2CN[C@@H]1C2. The van der Waals surface area contributed by atoms with Crippen molar-refractivity contribution in [1.29, 1.82) is 5.26 Å². The van der Waals surface area contributed by atoms with E-state index in [4.69, 9.17) is 32.6 Å². The summed E-state index contributed by atoms with van der Waals surface area (Å²) in [6.45, 7) is 4.16. The molecule has 7 heterocycles. The number of carbonyl (C=O) groups excluding carboxylic acids is 1. The highest BCUT2D eigenvalue weighted by Crippen LogP contribution is 2.54. The Morgan fingerprint density at radius 2 is 1.96 bits per heavy atom. The van der Waals surface area contributed by atoms with Crippen molar-refractivity contribution in [2.24, 2.45) is 17.8 Å². The van der Waals surface area contributed by atoms with Crippen LogP contribution in [-0.2, 0) is 11.2 Å². The molecule has 6 fully saturated rings. The van der Waals surface area contributed by atoms with Crippen LogP contribution in [0, 0.1) is 41.8 Å². The molecule has 0 radical (unpaired) electrons. The van der Waals surface area contributed by atoms with Gasteiger partial charge in [0.1, 0.15) is 5.52 Å². The van der Waals surface area contributed by atoms with Gasteiger partial charge in [-0.3, -0.25) is 4.79 Å². The lowest BCUT2D eigenvalue weighted by Gasteiger charge is -2.40. The van der Waals surface area contributed by atoms with Crippen molar-refractivity contribution in [3.05, 3.63) is 92.0 Å². The van der Waals surface area contributed by atoms with E-state index in [-0.39, 0.29) is 58.9 Å². The number of aryl methyl sites for hydroxylation is 2. The zero-order valence-electron chi connectivity index (χ0n) is 29.1. The van der Waals surface area contributed by atoms with Crippen LogP contribution >= 0.6 is 23.2 Å². The topological polar surface area (TPSA) is 107 Å². The van der Waals surface area contributed by atoms with E-state index in [1.807, 2.05) is 19.1 Å². The van der Waals surface area contributed by atoms with Gasteiger partial charge in [-0.1, -0.05) is 35.3 Å². The monoisotopic (exact) mass is 750 g/mol. The number of nitriles is 1. The zero-order chi connectivity index (χ0) is 36.3. The molecule has 5 aromatic rings. The van der Waals surface area contributed by atoms with E-state index in [0.29, 0.717) is 58.2 Å². The van der Waals surface area contributed by atoms with Crippen molar-refractivity contribution >= 4 is 56.6 Å². The third-order valence-corrected chi connectivity index (χ3v) is 13.4. The van der Waals surface area contributed by atoms with Gasteiger partial charge >= 0.3 is 5.63 Å². The molecule has 9 nitrogen and oxygen atoms in total. The van der Waals surface area contributed by atoms with Crippen LogP contribution in [0.15, 0.2) is 57.9 Å². The Balaban J connectivity index is 1.21. The number of fused-ring (bicyclic) bond motifs is 6. The van der Waals surface area contributed by atoms with E-state index >= 15 is 4.39 Å². The number of rotatable bonds is 7. The molecule has 4 bridgehead atoms. The van der Waals surface area contributed by atoms with Gasteiger partial charge in [0.2, 0.25) is 5.91 Å². The third-order valence-electron chi connectivity index (χ3n) is 12.6. The van der Waals surface area contributed by atoms with E-state index in [1.165, 1.54) is 12.3 Å². The molecule has 4 saturated heterocycles. The molecule has 11 rings (SSSR count). The molecular formula is C41H37Cl2FN6O3. The summed E-state index contributed by atoms with van der Waals surface area (Å²) in [5.41, 5.74) is 4.80. The second-order valence-electron chi connectivity index (χ2n) is 15.6. The van der Waals surface area contributed by atoms with Crippen LogP contribution in [0.1, 0.15) is 61.1 Å². The fraction of sp³-hybridized carbons (Fsp3) is 0.415. The molecule has 6 atom stereocenters. The van der Waals surface area contributed by atoms with E-state index in [9.17, 15) is 14.9 Å². The van der Waals surface area contributed by atoms with Gasteiger partial charge in [0.15, 0.2) is 5.82 Å². The first-order valence-electron chi connectivity index (χ1n) is 18.6. The molecule has 2 aliphatic carbocycles. The number of hydrogen-bond acceptors (Lipinski definition) is 7. The molecule has 1 amide bonds. The Labute approximate surface area is 315 Å². The van der Waals surface area contributed by atoms with Crippen LogP contribution in [0.25, 0.3) is 32.9 Å². The van der Waals surface area contributed by atoms with E-state index < -0.39 is 11.4 Å². The summed E-state index contributed by atoms with van der Waals surface area (Å²) >= 11 is 13.1. The smallest absolute Gasteiger partial charge is 0.337 e. The fourth-order valence-corrected chi connectivity index (χ4v) is 10.5. The molecule has 2 aromatic carbocycles. The van der Waals surface area contributed by atoms with Gasteiger partial charge in [-0.2, -0.15) is 5.26 Å². The fourth-order valence-electron chi connectivity index (χ4n) is 10.1. The Bertz CT molecular complexity index is 2460. The van der Waals surface area contributed by atoms with Crippen molar-refractivity contribution in [3.8, 4) is 17.2 Å². The normalized spacial score (nSPS) is 26.0. The number of likely N-dealkylation sites (tertiary alicyclic amines) is 1. The van der Waals surface area contributed by atoms with Crippen LogP contribution in [0.5, 0.6) is 0 Å². The lowest BCUT2D eigenvalue weighted by Crippen LogP contribution is -2.45. The molecule has 6 aliphatic rings. The molecule has 0 unspecified atom stereocenters. The first-order valence-corrected chi connectivity index (χ1v) is 19.3. The minimum Gasteiger partial charge on any atom is -0.431 e. The highest BCUT2D eigenvalue weighted by Gasteiger charge is 2.55. The Morgan fingerprint density at radius 3 is 2.70 bits per heavy atom. The number of hydrogen-bond donors (Lipinski definition) is 1. The predicted molar refractivity (Wildman–Crippen MR) is 202 cm³/mol. The van der Waals surface area contributed by atoms with Gasteiger partial charge in [-0.05, 0) is 74.8 Å². The first-order chi connectivity index (χ1) is 25.7. The van der Waals surface area contributed by atoms with E-state index in [0.717, 1.165) is 54.5 Å². The average molecular weight is 752 g/mol. The minimum absolute atomic E-state index is 0.0159. The summed E-state index contributed by atoms with van der Waals surface area (Å²) in [5, 5.41) is 15.6. The first kappa shape index (κ1) is 33.2. The maximum absolute atomic E-state index is 17.3. The number of nitrogens with one attached hydrogen (secondary N) is 1. The number of amides is 1. The third kappa shape index (κ3) is 5.07. The van der Waals surface area contributed by atoms with Gasteiger partial charge in [0.05, 0.1) is 46.0 Å². The maximum Gasteiger partial charge on any atom is 0.337 e. The molecule has 4 aliphatic heterocycles. The van der Waals surface area contributed by atoms with E-state index in [1.54, 1.807) is 18.2 Å². The number of halogens is 3. The van der Waals surface area contributed by atoms with Crippen molar-refractivity contribution in [2.45, 2.75) is 69.6 Å². The summed E-state index contributed by atoms with van der Waals surface area (Å²) in [4.78, 5) is 36.0. The van der Waals surface area contributed by atoms with Gasteiger partial charge < -0.3 is 24.1 Å². The quantitative estimate of drug-likeness (QED) is 0.181. The lowest BCUT2D eigenvalue weighted by molar-refractivity contribution is -0.135. The van der Waals surface area contributed by atoms with Gasteiger partial charge in [0.25, 0.3) is 0 Å². The molecule has 3 aromatic heterocycles. The maximum atomic E-state index is 17.3. The molecule has 0 spiro atoms. The largest absolute Gasteiger partial charge is 0.431 e. The Hall–Kier alpha value is -4.43. The molecule has 1 N–H and O–H groups in total. The minimum atomic E-state index is -0.487. The van der Waals surface area contributed by atoms with Crippen molar-refractivity contribution in [3.63, 3.8) is 0 Å². The van der Waals surface area contributed by atoms with Crippen LogP contribution < -0.4 is 15.8 Å². The summed E-state index contributed by atoms with van der Waals surface area (Å²) in [6, 6.07) is 15.2. The molecule has 53 heavy (non-hydrogen) atoms. The Kier molecular flexibility index (Phi) is 7.70. The highest BCUT2D eigenvalue weighted by molar-refractivity contribution is 6.43. The number of carbonyl (C=O) groups is 1. The van der Waals surface area contributed by atoms with Gasteiger partial charge in [-0.15, -0.1) is 0 Å². The van der Waals surface area contributed by atoms with Crippen LogP contribution in [-0.4, -0.2) is 52.1 Å². The number of piperidine rings is 1.